The van der Waals surface area contributed by atoms with E-state index in [1.165, 1.54) is 10.7 Å². The first-order chi connectivity index (χ1) is 10.3. The molecule has 0 saturated heterocycles. The molecule has 22 heavy (non-hydrogen) atoms. The molecule has 0 fully saturated rings. The van der Waals surface area contributed by atoms with Crippen molar-refractivity contribution >= 4 is 23.6 Å². The molecular formula is C11H13F3N4O3S. The van der Waals surface area contributed by atoms with Crippen molar-refractivity contribution in [2.75, 3.05) is 18.8 Å². The predicted molar refractivity (Wildman–Crippen MR) is 71.4 cm³/mol. The van der Waals surface area contributed by atoms with E-state index in [2.05, 4.69) is 15.7 Å². The molecule has 0 bridgehead atoms. The molecule has 1 aliphatic rings. The van der Waals surface area contributed by atoms with Crippen LogP contribution >= 0.6 is 11.8 Å². The summed E-state index contributed by atoms with van der Waals surface area (Å²) in [5.74, 6) is -1.47. The Hall–Kier alpha value is -1.75. The number of fused-ring (bicyclic) bond motifs is 1. The van der Waals surface area contributed by atoms with E-state index in [4.69, 9.17) is 0 Å². The molecule has 2 heterocycles. The lowest BCUT2D eigenvalue weighted by atomic mass is 10.3. The molecule has 2 rings (SSSR count). The van der Waals surface area contributed by atoms with Crippen LogP contribution in [0.15, 0.2) is 6.07 Å². The summed E-state index contributed by atoms with van der Waals surface area (Å²) >= 11 is -0.236. The third-order valence-corrected chi connectivity index (χ3v) is 3.52. The summed E-state index contributed by atoms with van der Waals surface area (Å²) < 4.78 is 37.0. The number of rotatable bonds is 4. The third kappa shape index (κ3) is 4.37. The van der Waals surface area contributed by atoms with E-state index in [-0.39, 0.29) is 48.5 Å². The molecule has 122 valence electrons. The highest BCUT2D eigenvalue weighted by molar-refractivity contribution is 8.00. The Morgan fingerprint density at radius 1 is 1.59 bits per heavy atom. The zero-order valence-corrected chi connectivity index (χ0v) is 12.0. The van der Waals surface area contributed by atoms with E-state index >= 15 is 0 Å². The summed E-state index contributed by atoms with van der Waals surface area (Å²) in [6.45, 7) is -0.0519. The van der Waals surface area contributed by atoms with Crippen molar-refractivity contribution in [1.82, 2.24) is 20.4 Å². The topological polar surface area (TPSA) is 96.2 Å². The van der Waals surface area contributed by atoms with Crippen LogP contribution in [0.4, 0.5) is 13.2 Å². The van der Waals surface area contributed by atoms with Crippen molar-refractivity contribution in [3.05, 3.63) is 17.5 Å². The maximum absolute atomic E-state index is 11.9. The van der Waals surface area contributed by atoms with Crippen LogP contribution in [0.1, 0.15) is 21.0 Å². The molecule has 2 amide bonds. The number of hydrogen-bond donors (Lipinski definition) is 3. The van der Waals surface area contributed by atoms with Gasteiger partial charge in [-0.15, -0.1) is 0 Å². The molecule has 11 heteroatoms. The van der Waals surface area contributed by atoms with Gasteiger partial charge in [0.25, 0.3) is 11.8 Å². The second-order valence-electron chi connectivity index (χ2n) is 4.51. The first-order valence-electron chi connectivity index (χ1n) is 6.29. The molecule has 1 unspecified atom stereocenters. The van der Waals surface area contributed by atoms with Crippen molar-refractivity contribution in [1.29, 1.82) is 0 Å². The highest BCUT2D eigenvalue weighted by atomic mass is 32.2. The van der Waals surface area contributed by atoms with Gasteiger partial charge in [0.2, 0.25) is 0 Å². The molecule has 1 aliphatic heterocycles. The van der Waals surface area contributed by atoms with Gasteiger partial charge in [0.05, 0.1) is 12.6 Å². The Bertz CT molecular complexity index is 575. The molecule has 1 atom stereocenters. The highest BCUT2D eigenvalue weighted by Crippen LogP contribution is 2.29. The van der Waals surface area contributed by atoms with Gasteiger partial charge in [-0.2, -0.15) is 18.3 Å². The van der Waals surface area contributed by atoms with Crippen LogP contribution < -0.4 is 10.6 Å². The number of nitrogens with zero attached hydrogens (tertiary/aromatic N) is 2. The Morgan fingerprint density at radius 3 is 3.00 bits per heavy atom. The number of hydrogen-bond acceptors (Lipinski definition) is 5. The lowest BCUT2D eigenvalue weighted by Crippen LogP contribution is -2.30. The fourth-order valence-corrected chi connectivity index (χ4v) is 2.27. The summed E-state index contributed by atoms with van der Waals surface area (Å²) in [4.78, 5) is 23.5. The van der Waals surface area contributed by atoms with Crippen molar-refractivity contribution in [2.24, 2.45) is 0 Å². The van der Waals surface area contributed by atoms with Crippen LogP contribution in [-0.4, -0.2) is 57.2 Å². The minimum atomic E-state index is -4.34. The summed E-state index contributed by atoms with van der Waals surface area (Å²) in [5.41, 5.74) is -4.31. The number of aliphatic hydroxyl groups excluding tert-OH is 1. The van der Waals surface area contributed by atoms with E-state index in [0.717, 1.165) is 0 Å². The fourth-order valence-electron chi connectivity index (χ4n) is 1.84. The van der Waals surface area contributed by atoms with Gasteiger partial charge in [-0.3, -0.25) is 14.3 Å². The summed E-state index contributed by atoms with van der Waals surface area (Å²) in [6.07, 6.45) is -0.829. The number of amides is 2. The van der Waals surface area contributed by atoms with Crippen molar-refractivity contribution in [3.8, 4) is 0 Å². The van der Waals surface area contributed by atoms with Crippen molar-refractivity contribution < 1.29 is 27.9 Å². The molecule has 0 saturated carbocycles. The van der Waals surface area contributed by atoms with Gasteiger partial charge in [0.15, 0.2) is 5.69 Å². The average molecular weight is 338 g/mol. The van der Waals surface area contributed by atoms with Gasteiger partial charge in [0.1, 0.15) is 5.69 Å². The first kappa shape index (κ1) is 16.6. The molecule has 1 aromatic rings. The van der Waals surface area contributed by atoms with Gasteiger partial charge >= 0.3 is 5.51 Å². The van der Waals surface area contributed by atoms with Gasteiger partial charge in [-0.05, 0) is 11.8 Å². The normalized spacial score (nSPS) is 18.4. The van der Waals surface area contributed by atoms with Gasteiger partial charge < -0.3 is 15.7 Å². The average Bonchev–Trinajstić information content (AvgIpc) is 2.78. The maximum atomic E-state index is 11.9. The van der Waals surface area contributed by atoms with E-state index in [0.29, 0.717) is 0 Å². The number of alkyl halides is 3. The van der Waals surface area contributed by atoms with E-state index < -0.39 is 23.4 Å². The number of aliphatic hydroxyl groups is 1. The quantitative estimate of drug-likeness (QED) is 0.670. The predicted octanol–water partition coefficient (Wildman–Crippen LogP) is -0.0298. The molecule has 0 aliphatic carbocycles. The minimum Gasteiger partial charge on any atom is -0.389 e. The van der Waals surface area contributed by atoms with Crippen molar-refractivity contribution in [3.63, 3.8) is 0 Å². The largest absolute Gasteiger partial charge is 0.441 e. The number of halogens is 3. The molecule has 0 aromatic carbocycles. The minimum absolute atomic E-state index is 0.0469. The number of nitrogens with one attached hydrogen (secondary N) is 2. The monoisotopic (exact) mass is 338 g/mol. The van der Waals surface area contributed by atoms with Crippen LogP contribution in [0.5, 0.6) is 0 Å². The van der Waals surface area contributed by atoms with E-state index in [1.807, 2.05) is 0 Å². The third-order valence-electron chi connectivity index (χ3n) is 2.78. The van der Waals surface area contributed by atoms with Gasteiger partial charge in [-0.25, -0.2) is 0 Å². The summed E-state index contributed by atoms with van der Waals surface area (Å²) in [7, 11) is 0. The Labute approximate surface area is 127 Å². The number of aromatic nitrogens is 2. The lowest BCUT2D eigenvalue weighted by molar-refractivity contribution is -0.0327. The van der Waals surface area contributed by atoms with Crippen LogP contribution in [0.3, 0.4) is 0 Å². The highest BCUT2D eigenvalue weighted by Gasteiger charge is 2.28. The van der Waals surface area contributed by atoms with Crippen LogP contribution in [0.25, 0.3) is 0 Å². The smallest absolute Gasteiger partial charge is 0.389 e. The number of carbonyl (C=O) groups excluding carboxylic acids is 2. The second-order valence-corrected chi connectivity index (χ2v) is 5.67. The summed E-state index contributed by atoms with van der Waals surface area (Å²) in [5, 5.41) is 18.2. The molecule has 0 spiro atoms. The maximum Gasteiger partial charge on any atom is 0.441 e. The Balaban J connectivity index is 1.96. The van der Waals surface area contributed by atoms with E-state index in [9.17, 15) is 27.9 Å². The zero-order chi connectivity index (χ0) is 16.3. The second kappa shape index (κ2) is 6.57. The summed E-state index contributed by atoms with van der Waals surface area (Å²) in [6, 6.07) is 1.24. The molecule has 3 N–H and O–H groups in total. The van der Waals surface area contributed by atoms with Gasteiger partial charge in [0, 0.05) is 24.9 Å². The van der Waals surface area contributed by atoms with Crippen LogP contribution in [-0.2, 0) is 6.54 Å². The molecule has 0 radical (unpaired) electrons. The lowest BCUT2D eigenvalue weighted by Gasteiger charge is -2.07. The number of carbonyl (C=O) groups is 2. The fraction of sp³-hybridized carbons (Fsp3) is 0.545. The molecule has 7 nitrogen and oxygen atoms in total. The number of β-amino-alcohol motifs (C(OH)–C–C–N with tert-alkyl or cyclic N) is 1. The first-order valence-corrected chi connectivity index (χ1v) is 7.28. The Morgan fingerprint density at radius 2 is 2.32 bits per heavy atom. The van der Waals surface area contributed by atoms with Gasteiger partial charge in [-0.1, -0.05) is 0 Å². The van der Waals surface area contributed by atoms with E-state index in [1.54, 1.807) is 0 Å². The van der Waals surface area contributed by atoms with Crippen LogP contribution in [0, 0.1) is 0 Å². The standard InChI is InChI=1S/C11H13F3N4O3S/c12-11(13,14)22-2-1-15-9(20)7-3-8-10(21)16-4-6(19)5-18(8)17-7/h3,6,19H,1-2,4-5H2,(H,15,20)(H,16,21). The zero-order valence-electron chi connectivity index (χ0n) is 11.2. The molecular weight excluding hydrogens is 325 g/mol. The Kier molecular flexibility index (Phi) is 4.96. The molecule has 1 aromatic heterocycles. The van der Waals surface area contributed by atoms with Crippen LogP contribution in [0.2, 0.25) is 0 Å². The SMILES string of the molecule is O=C(NCCSC(F)(F)F)c1cc2n(n1)CC(O)CNC2=O. The van der Waals surface area contributed by atoms with Crippen molar-refractivity contribution in [2.45, 2.75) is 18.2 Å². The number of thioether (sulfide) groups is 1.